The molecule has 74 heavy (non-hydrogen) atoms. The SMILES string of the molecule is CC/C=C\C/C=C\C/C=C\C/C=C\CCCCCCCCCCCCCCCCCCCCCCCCCCCCC(=O)OC(CO)COC(=O)CCCCCCCCCCC/C=C\C/C=C\CCCCCCC. The van der Waals surface area contributed by atoms with Gasteiger partial charge in [-0.25, -0.2) is 0 Å². The Labute approximate surface area is 461 Å². The van der Waals surface area contributed by atoms with Crippen LogP contribution in [0.15, 0.2) is 72.9 Å². The molecule has 5 heteroatoms. The monoisotopic (exact) mass is 1030 g/mol. The molecule has 0 spiro atoms. The minimum absolute atomic E-state index is 0.0654. The fourth-order valence-electron chi connectivity index (χ4n) is 9.64. The summed E-state index contributed by atoms with van der Waals surface area (Å²) in [4.78, 5) is 24.6. The first-order valence-electron chi connectivity index (χ1n) is 32.5. The van der Waals surface area contributed by atoms with Crippen molar-refractivity contribution in [3.63, 3.8) is 0 Å². The zero-order valence-corrected chi connectivity index (χ0v) is 49.4. The van der Waals surface area contributed by atoms with Gasteiger partial charge in [-0.1, -0.05) is 311 Å². The third-order valence-corrected chi connectivity index (χ3v) is 14.5. The van der Waals surface area contributed by atoms with E-state index in [4.69, 9.17) is 9.47 Å². The van der Waals surface area contributed by atoms with E-state index >= 15 is 0 Å². The lowest BCUT2D eigenvalue weighted by Crippen LogP contribution is -2.28. The molecule has 430 valence electrons. The highest BCUT2D eigenvalue weighted by atomic mass is 16.6. The molecule has 0 bridgehead atoms. The molecular weight excluding hydrogens is 909 g/mol. The first kappa shape index (κ1) is 71.3. The maximum absolute atomic E-state index is 12.3. The van der Waals surface area contributed by atoms with E-state index in [2.05, 4.69) is 86.8 Å². The van der Waals surface area contributed by atoms with Gasteiger partial charge in [0, 0.05) is 12.8 Å². The molecule has 0 aromatic rings. The smallest absolute Gasteiger partial charge is 0.306 e. The van der Waals surface area contributed by atoms with Crippen LogP contribution in [0, 0.1) is 0 Å². The predicted molar refractivity (Wildman–Crippen MR) is 325 cm³/mol. The van der Waals surface area contributed by atoms with Crippen LogP contribution in [0.2, 0.25) is 0 Å². The third kappa shape index (κ3) is 61.9. The van der Waals surface area contributed by atoms with Gasteiger partial charge in [-0.15, -0.1) is 0 Å². The molecule has 1 N–H and O–H groups in total. The van der Waals surface area contributed by atoms with Gasteiger partial charge in [0.1, 0.15) is 6.61 Å². The van der Waals surface area contributed by atoms with Crippen LogP contribution >= 0.6 is 0 Å². The highest BCUT2D eigenvalue weighted by molar-refractivity contribution is 5.70. The van der Waals surface area contributed by atoms with Crippen molar-refractivity contribution in [2.45, 2.75) is 341 Å². The average molecular weight is 1030 g/mol. The van der Waals surface area contributed by atoms with Crippen LogP contribution in [0.4, 0.5) is 0 Å². The fourth-order valence-corrected chi connectivity index (χ4v) is 9.64. The molecule has 0 radical (unpaired) electrons. The number of rotatable bonds is 60. The van der Waals surface area contributed by atoms with E-state index in [0.717, 1.165) is 70.6 Å². The average Bonchev–Trinajstić information content (AvgIpc) is 3.40. The van der Waals surface area contributed by atoms with E-state index in [1.807, 2.05) is 0 Å². The van der Waals surface area contributed by atoms with Gasteiger partial charge >= 0.3 is 11.9 Å². The Morgan fingerprint density at radius 1 is 0.324 bits per heavy atom. The van der Waals surface area contributed by atoms with Crippen molar-refractivity contribution in [2.75, 3.05) is 13.2 Å². The molecule has 0 amide bonds. The number of carbonyl (C=O) groups is 2. The van der Waals surface area contributed by atoms with Gasteiger partial charge < -0.3 is 14.6 Å². The first-order chi connectivity index (χ1) is 36.6. The summed E-state index contributed by atoms with van der Waals surface area (Å²) in [6.45, 7) is 4.05. The maximum atomic E-state index is 12.3. The molecule has 0 aliphatic rings. The quantitative estimate of drug-likeness (QED) is 0.0373. The molecule has 0 aliphatic carbocycles. The summed E-state index contributed by atoms with van der Waals surface area (Å²) in [6.07, 6.45) is 89.2. The largest absolute Gasteiger partial charge is 0.462 e. The first-order valence-corrected chi connectivity index (χ1v) is 32.5. The topological polar surface area (TPSA) is 72.8 Å². The van der Waals surface area contributed by atoms with Crippen LogP contribution in [0.3, 0.4) is 0 Å². The standard InChI is InChI=1S/C69H124O5/c1-3-5-7-9-11-13-15-17-19-21-23-25-26-27-28-29-30-31-32-33-34-35-36-37-38-39-40-41-42-44-46-48-50-52-54-56-58-60-62-64-69(72)74-67(65-70)66-73-68(71)63-61-59-57-55-53-51-49-47-45-43-24-22-20-18-16-14-12-10-8-6-4-2/h5,7,11,13,16-19,22-25,67,70H,3-4,6,8-10,12,14-15,20-21,26-66H2,1-2H3/b7-5-,13-11-,18-16-,19-17-,24-22-,25-23-. The summed E-state index contributed by atoms with van der Waals surface area (Å²) >= 11 is 0. The van der Waals surface area contributed by atoms with Crippen molar-refractivity contribution in [2.24, 2.45) is 0 Å². The van der Waals surface area contributed by atoms with Crippen molar-refractivity contribution in [1.82, 2.24) is 0 Å². The second-order valence-corrected chi connectivity index (χ2v) is 21.8. The number of hydrogen-bond donors (Lipinski definition) is 1. The minimum atomic E-state index is -0.774. The van der Waals surface area contributed by atoms with E-state index in [9.17, 15) is 14.7 Å². The van der Waals surface area contributed by atoms with Crippen LogP contribution in [0.5, 0.6) is 0 Å². The van der Waals surface area contributed by atoms with Crippen molar-refractivity contribution in [1.29, 1.82) is 0 Å². The Morgan fingerprint density at radius 3 is 0.878 bits per heavy atom. The summed E-state index contributed by atoms with van der Waals surface area (Å²) < 4.78 is 10.7. The van der Waals surface area contributed by atoms with E-state index in [0.29, 0.717) is 12.8 Å². The highest BCUT2D eigenvalue weighted by Gasteiger charge is 2.16. The van der Waals surface area contributed by atoms with Gasteiger partial charge in [0.25, 0.3) is 0 Å². The number of carbonyl (C=O) groups excluding carboxylic acids is 2. The molecular formula is C69H124O5. The number of hydrogen-bond acceptors (Lipinski definition) is 5. The van der Waals surface area contributed by atoms with E-state index in [-0.39, 0.29) is 25.2 Å². The van der Waals surface area contributed by atoms with Crippen molar-refractivity contribution in [3.8, 4) is 0 Å². The maximum Gasteiger partial charge on any atom is 0.306 e. The summed E-state index contributed by atoms with van der Waals surface area (Å²) in [5.74, 6) is -0.580. The molecule has 0 heterocycles. The van der Waals surface area contributed by atoms with Crippen molar-refractivity contribution in [3.05, 3.63) is 72.9 Å². The number of allylic oxidation sites excluding steroid dienone is 12. The molecule has 5 nitrogen and oxygen atoms in total. The van der Waals surface area contributed by atoms with Gasteiger partial charge in [0.05, 0.1) is 6.61 Å². The van der Waals surface area contributed by atoms with E-state index in [1.165, 1.54) is 238 Å². The number of esters is 2. The van der Waals surface area contributed by atoms with Crippen LogP contribution in [0.1, 0.15) is 335 Å². The lowest BCUT2D eigenvalue weighted by atomic mass is 10.0. The Morgan fingerprint density at radius 2 is 0.581 bits per heavy atom. The number of ether oxygens (including phenoxy) is 2. The number of unbranched alkanes of at least 4 members (excludes halogenated alkanes) is 40. The second-order valence-electron chi connectivity index (χ2n) is 21.8. The second kappa shape index (κ2) is 64.6. The molecule has 0 rings (SSSR count). The number of aliphatic hydroxyl groups is 1. The van der Waals surface area contributed by atoms with Gasteiger partial charge in [0.2, 0.25) is 0 Å². The van der Waals surface area contributed by atoms with E-state index in [1.54, 1.807) is 0 Å². The van der Waals surface area contributed by atoms with Crippen molar-refractivity contribution >= 4 is 11.9 Å². The lowest BCUT2D eigenvalue weighted by molar-refractivity contribution is -0.161. The summed E-state index contributed by atoms with van der Waals surface area (Å²) in [5, 5.41) is 9.68. The molecule has 0 aromatic heterocycles. The molecule has 1 unspecified atom stereocenters. The van der Waals surface area contributed by atoms with Gasteiger partial charge in [-0.3, -0.25) is 9.59 Å². The predicted octanol–water partition coefficient (Wildman–Crippen LogP) is 22.3. The Hall–Kier alpha value is -2.66. The van der Waals surface area contributed by atoms with Crippen LogP contribution < -0.4 is 0 Å². The summed E-state index contributed by atoms with van der Waals surface area (Å²) in [6, 6.07) is 0. The zero-order valence-electron chi connectivity index (χ0n) is 49.4. The van der Waals surface area contributed by atoms with Crippen molar-refractivity contribution < 1.29 is 24.2 Å². The van der Waals surface area contributed by atoms with Crippen LogP contribution in [-0.2, 0) is 19.1 Å². The third-order valence-electron chi connectivity index (χ3n) is 14.5. The minimum Gasteiger partial charge on any atom is -0.462 e. The van der Waals surface area contributed by atoms with E-state index < -0.39 is 6.10 Å². The molecule has 0 aliphatic heterocycles. The molecule has 0 aromatic carbocycles. The lowest BCUT2D eigenvalue weighted by Gasteiger charge is -2.15. The Kier molecular flexibility index (Phi) is 62.3. The molecule has 1 atom stereocenters. The molecule has 0 fully saturated rings. The Balaban J connectivity index is 3.40. The summed E-state index contributed by atoms with van der Waals surface area (Å²) in [7, 11) is 0. The van der Waals surface area contributed by atoms with Crippen LogP contribution in [-0.4, -0.2) is 36.4 Å². The molecule has 0 saturated carbocycles. The number of aliphatic hydroxyl groups excluding tert-OH is 1. The molecule has 0 saturated heterocycles. The highest BCUT2D eigenvalue weighted by Crippen LogP contribution is 2.18. The van der Waals surface area contributed by atoms with Gasteiger partial charge in [-0.2, -0.15) is 0 Å². The zero-order chi connectivity index (χ0) is 53.4. The summed E-state index contributed by atoms with van der Waals surface area (Å²) in [5.41, 5.74) is 0. The van der Waals surface area contributed by atoms with Gasteiger partial charge in [-0.05, 0) is 83.5 Å². The fraction of sp³-hybridized carbons (Fsp3) is 0.797. The normalized spacial score (nSPS) is 12.6. The Bertz CT molecular complexity index is 1310. The van der Waals surface area contributed by atoms with Crippen LogP contribution in [0.25, 0.3) is 0 Å². The van der Waals surface area contributed by atoms with Gasteiger partial charge in [0.15, 0.2) is 6.10 Å².